The van der Waals surface area contributed by atoms with E-state index in [0.29, 0.717) is 18.5 Å². The Morgan fingerprint density at radius 2 is 2.24 bits per heavy atom. The van der Waals surface area contributed by atoms with Crippen LogP contribution < -0.4 is 10.6 Å². The van der Waals surface area contributed by atoms with Gasteiger partial charge in [0.2, 0.25) is 0 Å². The lowest BCUT2D eigenvalue weighted by Crippen LogP contribution is -2.41. The summed E-state index contributed by atoms with van der Waals surface area (Å²) in [5.41, 5.74) is 0.601. The van der Waals surface area contributed by atoms with E-state index >= 15 is 0 Å². The summed E-state index contributed by atoms with van der Waals surface area (Å²) in [5, 5.41) is 5.33. The van der Waals surface area contributed by atoms with Crippen molar-refractivity contribution in [1.29, 1.82) is 0 Å². The molecular formula is C13H17FN2O. The number of hydrogen-bond donors (Lipinski definition) is 2. The Morgan fingerprint density at radius 3 is 2.88 bits per heavy atom. The SMILES string of the molecule is C=CCNC(=O)NC(C)Cc1ccccc1F. The van der Waals surface area contributed by atoms with Crippen molar-refractivity contribution in [1.82, 2.24) is 10.6 Å². The van der Waals surface area contributed by atoms with Crippen LogP contribution >= 0.6 is 0 Å². The predicted octanol–water partition coefficient (Wildman–Crippen LogP) is 2.24. The molecule has 1 unspecified atom stereocenters. The molecule has 2 N–H and O–H groups in total. The Balaban J connectivity index is 2.44. The number of hydrogen-bond acceptors (Lipinski definition) is 1. The minimum absolute atomic E-state index is 0.128. The van der Waals surface area contributed by atoms with Gasteiger partial charge < -0.3 is 10.6 Å². The summed E-state index contributed by atoms with van der Waals surface area (Å²) >= 11 is 0. The van der Waals surface area contributed by atoms with E-state index in [9.17, 15) is 9.18 Å². The van der Waals surface area contributed by atoms with Crippen molar-refractivity contribution in [3.63, 3.8) is 0 Å². The van der Waals surface area contributed by atoms with Crippen LogP contribution in [0.1, 0.15) is 12.5 Å². The molecule has 0 heterocycles. The Bertz CT molecular complexity index is 393. The smallest absolute Gasteiger partial charge is 0.315 e. The average Bonchev–Trinajstić information content (AvgIpc) is 2.29. The Kier molecular flexibility index (Phi) is 5.20. The molecular weight excluding hydrogens is 219 g/mol. The van der Waals surface area contributed by atoms with E-state index in [1.54, 1.807) is 24.3 Å². The standard InChI is InChI=1S/C13H17FN2O/c1-3-8-15-13(17)16-10(2)9-11-6-4-5-7-12(11)14/h3-7,10H,1,8-9H2,2H3,(H2,15,16,17). The fourth-order valence-electron chi connectivity index (χ4n) is 1.48. The molecule has 92 valence electrons. The van der Waals surface area contributed by atoms with Crippen molar-refractivity contribution in [2.45, 2.75) is 19.4 Å². The van der Waals surface area contributed by atoms with Crippen LogP contribution in [0.5, 0.6) is 0 Å². The van der Waals surface area contributed by atoms with Crippen LogP contribution in [-0.4, -0.2) is 18.6 Å². The molecule has 0 aromatic heterocycles. The molecule has 0 aliphatic heterocycles. The summed E-state index contributed by atoms with van der Waals surface area (Å²) < 4.78 is 13.3. The second-order valence-corrected chi connectivity index (χ2v) is 3.84. The Hall–Kier alpha value is -1.84. The second-order valence-electron chi connectivity index (χ2n) is 3.84. The van der Waals surface area contributed by atoms with Crippen molar-refractivity contribution in [2.24, 2.45) is 0 Å². The maximum absolute atomic E-state index is 13.3. The lowest BCUT2D eigenvalue weighted by molar-refractivity contribution is 0.238. The van der Waals surface area contributed by atoms with Crippen molar-refractivity contribution < 1.29 is 9.18 Å². The number of carbonyl (C=O) groups is 1. The van der Waals surface area contributed by atoms with Gasteiger partial charge in [0.15, 0.2) is 0 Å². The number of amides is 2. The normalized spacial score (nSPS) is 11.6. The molecule has 1 atom stereocenters. The molecule has 0 aliphatic rings. The van der Waals surface area contributed by atoms with E-state index in [-0.39, 0.29) is 17.9 Å². The van der Waals surface area contributed by atoms with Gasteiger partial charge in [-0.15, -0.1) is 6.58 Å². The minimum atomic E-state index is -0.270. The second kappa shape index (κ2) is 6.68. The molecule has 0 saturated heterocycles. The number of rotatable bonds is 5. The van der Waals surface area contributed by atoms with Crippen molar-refractivity contribution in [3.8, 4) is 0 Å². The zero-order valence-corrected chi connectivity index (χ0v) is 9.87. The van der Waals surface area contributed by atoms with Crippen LogP contribution in [-0.2, 0) is 6.42 Å². The molecule has 1 aromatic carbocycles. The number of nitrogens with one attached hydrogen (secondary N) is 2. The van der Waals surface area contributed by atoms with Crippen LogP contribution in [0.25, 0.3) is 0 Å². The summed E-state index contributed by atoms with van der Waals surface area (Å²) in [6.07, 6.45) is 2.06. The predicted molar refractivity (Wildman–Crippen MR) is 66.3 cm³/mol. The maximum Gasteiger partial charge on any atom is 0.315 e. The van der Waals surface area contributed by atoms with Crippen LogP contribution in [0.3, 0.4) is 0 Å². The third-order valence-electron chi connectivity index (χ3n) is 2.27. The van der Waals surface area contributed by atoms with Gasteiger partial charge >= 0.3 is 6.03 Å². The van der Waals surface area contributed by atoms with Crippen LogP contribution in [0.15, 0.2) is 36.9 Å². The third-order valence-corrected chi connectivity index (χ3v) is 2.27. The lowest BCUT2D eigenvalue weighted by atomic mass is 10.1. The molecule has 1 aromatic rings. The number of urea groups is 1. The van der Waals surface area contributed by atoms with E-state index in [1.807, 2.05) is 6.92 Å². The fraction of sp³-hybridized carbons (Fsp3) is 0.308. The van der Waals surface area contributed by atoms with E-state index < -0.39 is 0 Å². The molecule has 0 fully saturated rings. The molecule has 0 radical (unpaired) electrons. The minimum Gasteiger partial charge on any atom is -0.335 e. The highest BCUT2D eigenvalue weighted by Crippen LogP contribution is 2.08. The summed E-state index contributed by atoms with van der Waals surface area (Å²) in [4.78, 5) is 11.3. The van der Waals surface area contributed by atoms with Gasteiger partial charge in [-0.3, -0.25) is 0 Å². The molecule has 0 saturated carbocycles. The molecule has 3 nitrogen and oxygen atoms in total. The quantitative estimate of drug-likeness (QED) is 0.756. The summed E-state index contributed by atoms with van der Waals surface area (Å²) in [6.45, 7) is 5.75. The Morgan fingerprint density at radius 1 is 1.53 bits per heavy atom. The summed E-state index contributed by atoms with van der Waals surface area (Å²) in [6, 6.07) is 6.16. The van der Waals surface area contributed by atoms with Gasteiger partial charge in [0.05, 0.1) is 0 Å². The summed E-state index contributed by atoms with van der Waals surface area (Å²) in [5.74, 6) is -0.243. The van der Waals surface area contributed by atoms with Gasteiger partial charge in [0.25, 0.3) is 0 Å². The van der Waals surface area contributed by atoms with Gasteiger partial charge in [-0.05, 0) is 25.0 Å². The first-order chi connectivity index (χ1) is 8.13. The monoisotopic (exact) mass is 236 g/mol. The van der Waals surface area contributed by atoms with Crippen molar-refractivity contribution in [3.05, 3.63) is 48.3 Å². The highest BCUT2D eigenvalue weighted by molar-refractivity contribution is 5.74. The van der Waals surface area contributed by atoms with E-state index in [2.05, 4.69) is 17.2 Å². The first-order valence-corrected chi connectivity index (χ1v) is 5.52. The maximum atomic E-state index is 13.3. The van der Waals surface area contributed by atoms with Gasteiger partial charge in [-0.2, -0.15) is 0 Å². The molecule has 0 bridgehead atoms. The lowest BCUT2D eigenvalue weighted by Gasteiger charge is -2.14. The molecule has 1 rings (SSSR count). The first-order valence-electron chi connectivity index (χ1n) is 5.52. The zero-order chi connectivity index (χ0) is 12.7. The zero-order valence-electron chi connectivity index (χ0n) is 9.87. The highest BCUT2D eigenvalue weighted by atomic mass is 19.1. The first kappa shape index (κ1) is 13.2. The number of benzene rings is 1. The largest absolute Gasteiger partial charge is 0.335 e. The highest BCUT2D eigenvalue weighted by Gasteiger charge is 2.09. The molecule has 2 amide bonds. The van der Waals surface area contributed by atoms with E-state index in [0.717, 1.165) is 0 Å². The van der Waals surface area contributed by atoms with Crippen LogP contribution in [0, 0.1) is 5.82 Å². The average molecular weight is 236 g/mol. The third kappa shape index (κ3) is 4.68. The van der Waals surface area contributed by atoms with E-state index in [1.165, 1.54) is 6.07 Å². The van der Waals surface area contributed by atoms with Gasteiger partial charge in [0.1, 0.15) is 5.82 Å². The number of halogens is 1. The molecule has 0 aliphatic carbocycles. The van der Waals surface area contributed by atoms with Crippen molar-refractivity contribution >= 4 is 6.03 Å². The van der Waals surface area contributed by atoms with Gasteiger partial charge in [0, 0.05) is 12.6 Å². The van der Waals surface area contributed by atoms with Gasteiger partial charge in [-0.25, -0.2) is 9.18 Å². The molecule has 17 heavy (non-hydrogen) atoms. The molecule has 0 spiro atoms. The topological polar surface area (TPSA) is 41.1 Å². The number of carbonyl (C=O) groups excluding carboxylic acids is 1. The van der Waals surface area contributed by atoms with Gasteiger partial charge in [-0.1, -0.05) is 24.3 Å². The van der Waals surface area contributed by atoms with Crippen LogP contribution in [0.2, 0.25) is 0 Å². The van der Waals surface area contributed by atoms with Crippen LogP contribution in [0.4, 0.5) is 9.18 Å². The summed E-state index contributed by atoms with van der Waals surface area (Å²) in [7, 11) is 0. The fourth-order valence-corrected chi connectivity index (χ4v) is 1.48. The van der Waals surface area contributed by atoms with E-state index in [4.69, 9.17) is 0 Å². The Labute approximate surface area is 101 Å². The molecule has 4 heteroatoms. The van der Waals surface area contributed by atoms with Crippen molar-refractivity contribution in [2.75, 3.05) is 6.54 Å².